The van der Waals surface area contributed by atoms with Gasteiger partial charge in [-0.25, -0.2) is 0 Å². The van der Waals surface area contributed by atoms with Crippen molar-refractivity contribution in [1.82, 2.24) is 4.90 Å². The van der Waals surface area contributed by atoms with Gasteiger partial charge in [-0.2, -0.15) is 0 Å². The molecule has 0 aromatic heterocycles. The van der Waals surface area contributed by atoms with Gasteiger partial charge in [-0.15, -0.1) is 0 Å². The van der Waals surface area contributed by atoms with Gasteiger partial charge in [0.2, 0.25) is 0 Å². The number of hydrogen-bond acceptors (Lipinski definition) is 3. The van der Waals surface area contributed by atoms with Gasteiger partial charge < -0.3 is 9.53 Å². The van der Waals surface area contributed by atoms with Crippen LogP contribution in [0.1, 0.15) is 39.2 Å². The molecule has 4 nitrogen and oxygen atoms in total. The van der Waals surface area contributed by atoms with Crippen molar-refractivity contribution in [3.05, 3.63) is 35.9 Å². The standard InChI is InChI=1S/C20H33NO3Si/c1-14(19(22)23)21-12-16(15-10-8-7-9-11-15)17(13-21)18(20(2,3)4)24-25(5)6/h7-11,14,16-18,25H,12-13H2,1-6H3,(H,22,23)/t14-,16-,17+,18?/m1/s1. The molecule has 25 heavy (non-hydrogen) atoms. The maximum absolute atomic E-state index is 11.5. The minimum atomic E-state index is -1.21. The van der Waals surface area contributed by atoms with Crippen molar-refractivity contribution >= 4 is 15.0 Å². The summed E-state index contributed by atoms with van der Waals surface area (Å²) in [4.78, 5) is 13.6. The van der Waals surface area contributed by atoms with Crippen LogP contribution >= 0.6 is 0 Å². The molecule has 0 bridgehead atoms. The summed E-state index contributed by atoms with van der Waals surface area (Å²) in [6, 6.07) is 10.0. The lowest BCUT2D eigenvalue weighted by molar-refractivity contribution is -0.142. The van der Waals surface area contributed by atoms with Gasteiger partial charge in [0.15, 0.2) is 9.04 Å². The first kappa shape index (κ1) is 20.1. The van der Waals surface area contributed by atoms with Crippen molar-refractivity contribution in [2.45, 2.75) is 58.9 Å². The molecule has 1 aliphatic rings. The van der Waals surface area contributed by atoms with E-state index in [-0.39, 0.29) is 11.5 Å². The molecule has 1 fully saturated rings. The number of likely N-dealkylation sites (tertiary alicyclic amines) is 1. The third-order valence-electron chi connectivity index (χ3n) is 5.19. The van der Waals surface area contributed by atoms with Gasteiger partial charge in [-0.3, -0.25) is 9.69 Å². The molecule has 4 atom stereocenters. The predicted octanol–water partition coefficient (Wildman–Crippen LogP) is 3.59. The summed E-state index contributed by atoms with van der Waals surface area (Å²) < 4.78 is 6.50. The third kappa shape index (κ3) is 4.93. The minimum Gasteiger partial charge on any atom is -0.480 e. The van der Waals surface area contributed by atoms with Crippen molar-refractivity contribution in [3.63, 3.8) is 0 Å². The first-order valence-corrected chi connectivity index (χ1v) is 12.1. The zero-order chi connectivity index (χ0) is 18.8. The molecule has 1 saturated heterocycles. The second kappa shape index (κ2) is 8.02. The fourth-order valence-electron chi connectivity index (χ4n) is 3.93. The summed E-state index contributed by atoms with van der Waals surface area (Å²) in [6.07, 6.45) is 0.135. The van der Waals surface area contributed by atoms with Gasteiger partial charge in [0.25, 0.3) is 0 Å². The Hall–Kier alpha value is -1.17. The number of hydrogen-bond donors (Lipinski definition) is 1. The molecule has 1 N–H and O–H groups in total. The molecule has 0 radical (unpaired) electrons. The number of carboxylic acids is 1. The predicted molar refractivity (Wildman–Crippen MR) is 105 cm³/mol. The Balaban J connectivity index is 2.37. The maximum Gasteiger partial charge on any atom is 0.320 e. The van der Waals surface area contributed by atoms with E-state index in [2.05, 4.69) is 63.0 Å². The second-order valence-corrected chi connectivity index (χ2v) is 11.0. The zero-order valence-electron chi connectivity index (χ0n) is 16.4. The molecule has 2 rings (SSSR count). The number of carbonyl (C=O) groups is 1. The summed E-state index contributed by atoms with van der Waals surface area (Å²) in [5.74, 6) is -0.141. The number of rotatable bonds is 6. The fraction of sp³-hybridized carbons (Fsp3) is 0.650. The van der Waals surface area contributed by atoms with E-state index in [1.54, 1.807) is 6.92 Å². The van der Waals surface area contributed by atoms with Crippen molar-refractivity contribution in [3.8, 4) is 0 Å². The summed E-state index contributed by atoms with van der Waals surface area (Å²) in [7, 11) is -1.21. The summed E-state index contributed by atoms with van der Waals surface area (Å²) in [6.45, 7) is 14.5. The summed E-state index contributed by atoms with van der Waals surface area (Å²) >= 11 is 0. The SMILES string of the molecule is C[C@H](C(=O)O)N1C[C@H](c2ccccc2)[C@@H](C(O[SiH](C)C)C(C)(C)C)C1. The first-order chi connectivity index (χ1) is 11.6. The molecule has 140 valence electrons. The highest BCUT2D eigenvalue weighted by molar-refractivity contribution is 6.48. The molecule has 0 spiro atoms. The third-order valence-corrected chi connectivity index (χ3v) is 6.02. The van der Waals surface area contributed by atoms with Crippen LogP contribution in [0.5, 0.6) is 0 Å². The van der Waals surface area contributed by atoms with E-state index in [0.29, 0.717) is 11.8 Å². The second-order valence-electron chi connectivity index (χ2n) is 8.62. The van der Waals surface area contributed by atoms with Gasteiger partial charge in [0.1, 0.15) is 6.04 Å². The van der Waals surface area contributed by atoms with Crippen molar-refractivity contribution in [2.24, 2.45) is 11.3 Å². The Morgan fingerprint density at radius 2 is 1.84 bits per heavy atom. The highest BCUT2D eigenvalue weighted by Crippen LogP contribution is 2.42. The van der Waals surface area contributed by atoms with Crippen molar-refractivity contribution < 1.29 is 14.3 Å². The van der Waals surface area contributed by atoms with Gasteiger partial charge in [0.05, 0.1) is 6.10 Å². The highest BCUT2D eigenvalue weighted by Gasteiger charge is 2.45. The molecular weight excluding hydrogens is 330 g/mol. The smallest absolute Gasteiger partial charge is 0.320 e. The monoisotopic (exact) mass is 363 g/mol. The lowest BCUT2D eigenvalue weighted by Crippen LogP contribution is -2.43. The fourth-order valence-corrected chi connectivity index (χ4v) is 5.13. The molecular formula is C20H33NO3Si. The van der Waals surface area contributed by atoms with Crippen molar-refractivity contribution in [1.29, 1.82) is 0 Å². The average molecular weight is 364 g/mol. The normalized spacial score (nSPS) is 24.4. The van der Waals surface area contributed by atoms with Gasteiger partial charge in [-0.1, -0.05) is 51.1 Å². The van der Waals surface area contributed by atoms with Crippen LogP contribution in [0.3, 0.4) is 0 Å². The molecule has 0 amide bonds. The minimum absolute atomic E-state index is 0.0252. The quantitative estimate of drug-likeness (QED) is 0.785. The van der Waals surface area contributed by atoms with E-state index in [9.17, 15) is 9.90 Å². The number of aliphatic carboxylic acids is 1. The van der Waals surface area contributed by atoms with E-state index < -0.39 is 21.1 Å². The number of carboxylic acid groups (broad SMARTS) is 1. The Morgan fingerprint density at radius 3 is 2.32 bits per heavy atom. The van der Waals surface area contributed by atoms with Crippen LogP contribution in [0.2, 0.25) is 13.1 Å². The van der Waals surface area contributed by atoms with E-state index in [1.807, 2.05) is 6.07 Å². The largest absolute Gasteiger partial charge is 0.480 e. The first-order valence-electron chi connectivity index (χ1n) is 9.28. The molecule has 5 heteroatoms. The number of nitrogens with zero attached hydrogens (tertiary/aromatic N) is 1. The Kier molecular flexibility index (Phi) is 6.46. The van der Waals surface area contributed by atoms with E-state index in [1.165, 1.54) is 5.56 Å². The van der Waals surface area contributed by atoms with Crippen LogP contribution in [0.25, 0.3) is 0 Å². The summed E-state index contributed by atoms with van der Waals surface area (Å²) in [5.41, 5.74) is 1.31. The molecule has 0 saturated carbocycles. The molecule has 1 aromatic carbocycles. The van der Waals surface area contributed by atoms with E-state index in [0.717, 1.165) is 13.1 Å². The van der Waals surface area contributed by atoms with Gasteiger partial charge in [-0.05, 0) is 31.0 Å². The average Bonchev–Trinajstić information content (AvgIpc) is 2.96. The molecule has 1 heterocycles. The van der Waals surface area contributed by atoms with Gasteiger partial charge >= 0.3 is 5.97 Å². The molecule has 1 aromatic rings. The number of benzene rings is 1. The highest BCUT2D eigenvalue weighted by atomic mass is 28.3. The van der Waals surface area contributed by atoms with E-state index in [4.69, 9.17) is 4.43 Å². The molecule has 1 unspecified atom stereocenters. The summed E-state index contributed by atoms with van der Waals surface area (Å²) in [5, 5.41) is 9.46. The Morgan fingerprint density at radius 1 is 1.24 bits per heavy atom. The van der Waals surface area contributed by atoms with Crippen LogP contribution in [0.15, 0.2) is 30.3 Å². The lowest BCUT2D eigenvalue weighted by Gasteiger charge is -2.39. The van der Waals surface area contributed by atoms with Crippen LogP contribution in [0, 0.1) is 11.3 Å². The Bertz CT molecular complexity index is 570. The Labute approximate surface area is 153 Å². The van der Waals surface area contributed by atoms with Crippen LogP contribution in [0.4, 0.5) is 0 Å². The maximum atomic E-state index is 11.5. The van der Waals surface area contributed by atoms with Crippen LogP contribution < -0.4 is 0 Å². The van der Waals surface area contributed by atoms with Crippen LogP contribution in [-0.4, -0.2) is 50.3 Å². The molecule has 0 aliphatic carbocycles. The van der Waals surface area contributed by atoms with Crippen LogP contribution in [-0.2, 0) is 9.22 Å². The lowest BCUT2D eigenvalue weighted by atomic mass is 9.75. The van der Waals surface area contributed by atoms with Gasteiger partial charge in [0, 0.05) is 24.9 Å². The topological polar surface area (TPSA) is 49.8 Å². The van der Waals surface area contributed by atoms with E-state index >= 15 is 0 Å². The molecule has 1 aliphatic heterocycles. The zero-order valence-corrected chi connectivity index (χ0v) is 17.6. The van der Waals surface area contributed by atoms with Crippen molar-refractivity contribution in [2.75, 3.05) is 13.1 Å².